The van der Waals surface area contributed by atoms with Crippen LogP contribution in [0.1, 0.15) is 13.8 Å². The number of nitrogens with zero attached hydrogens (tertiary/aromatic N) is 3. The van der Waals surface area contributed by atoms with E-state index in [2.05, 4.69) is 20.9 Å². The molecule has 0 aromatic heterocycles. The first-order valence-corrected chi connectivity index (χ1v) is 5.86. The molecule has 0 atom stereocenters. The van der Waals surface area contributed by atoms with E-state index in [4.69, 9.17) is 0 Å². The number of fused-ring (bicyclic) bond motifs is 1. The molecule has 0 fully saturated rings. The highest BCUT2D eigenvalue weighted by Crippen LogP contribution is 2.19. The predicted molar refractivity (Wildman–Crippen MR) is 63.0 cm³/mol. The maximum absolute atomic E-state index is 12.0. The lowest BCUT2D eigenvalue weighted by Crippen LogP contribution is -2.54. The van der Waals surface area contributed by atoms with Gasteiger partial charge in [-0.15, -0.1) is 0 Å². The number of aliphatic imine (C=N–C) groups is 1. The lowest BCUT2D eigenvalue weighted by atomic mass is 10.1. The molecular formula is C10H11BrN3O2+. The molecule has 3 amide bonds. The van der Waals surface area contributed by atoms with E-state index in [9.17, 15) is 9.59 Å². The Morgan fingerprint density at radius 1 is 1.44 bits per heavy atom. The van der Waals surface area contributed by atoms with Gasteiger partial charge in [-0.3, -0.25) is 0 Å². The zero-order valence-corrected chi connectivity index (χ0v) is 10.6. The second-order valence-corrected chi connectivity index (χ2v) is 4.20. The topological polar surface area (TPSA) is 52.8 Å². The van der Waals surface area contributed by atoms with Crippen molar-refractivity contribution in [2.45, 2.75) is 13.8 Å². The predicted octanol–water partition coefficient (Wildman–Crippen LogP) is 1.13. The van der Waals surface area contributed by atoms with Gasteiger partial charge in [-0.25, -0.2) is 9.79 Å². The number of hydrogen-bond acceptors (Lipinski definition) is 3. The van der Waals surface area contributed by atoms with Crippen molar-refractivity contribution in [1.29, 1.82) is 0 Å². The summed E-state index contributed by atoms with van der Waals surface area (Å²) in [6, 6.07) is -0.276. The molecule has 0 unspecified atom stereocenters. The van der Waals surface area contributed by atoms with Crippen molar-refractivity contribution in [3.8, 4) is 0 Å². The fourth-order valence-corrected chi connectivity index (χ4v) is 2.18. The van der Waals surface area contributed by atoms with E-state index < -0.39 is 0 Å². The van der Waals surface area contributed by atoms with Gasteiger partial charge in [0.2, 0.25) is 5.71 Å². The quantitative estimate of drug-likeness (QED) is 0.564. The average Bonchev–Trinajstić information content (AvgIpc) is 2.62. The van der Waals surface area contributed by atoms with Gasteiger partial charge in [0.25, 0.3) is 0 Å². The third kappa shape index (κ3) is 1.44. The Bertz CT molecular complexity index is 476. The molecule has 0 spiro atoms. The summed E-state index contributed by atoms with van der Waals surface area (Å²) in [6.07, 6.45) is 1.70. The molecule has 0 bridgehead atoms. The minimum Gasteiger partial charge on any atom is -0.239 e. The fourth-order valence-electron chi connectivity index (χ4n) is 1.79. The van der Waals surface area contributed by atoms with Crippen LogP contribution in [0.3, 0.4) is 0 Å². The van der Waals surface area contributed by atoms with Gasteiger partial charge in [0.15, 0.2) is 5.71 Å². The number of halogens is 1. The molecule has 0 aromatic rings. The molecule has 0 radical (unpaired) electrons. The lowest BCUT2D eigenvalue weighted by molar-refractivity contribution is -0.429. The van der Waals surface area contributed by atoms with Crippen molar-refractivity contribution >= 4 is 39.3 Å². The van der Waals surface area contributed by atoms with Gasteiger partial charge in [0.05, 0.1) is 13.1 Å². The Labute approximate surface area is 101 Å². The van der Waals surface area contributed by atoms with E-state index in [1.807, 2.05) is 6.92 Å². The van der Waals surface area contributed by atoms with Crippen LogP contribution in [0, 0.1) is 0 Å². The van der Waals surface area contributed by atoms with Crippen LogP contribution in [-0.2, 0) is 4.79 Å². The number of rotatable bonds is 2. The first-order chi connectivity index (χ1) is 7.60. The van der Waals surface area contributed by atoms with Gasteiger partial charge in [-0.2, -0.15) is 14.3 Å². The molecule has 0 aliphatic carbocycles. The van der Waals surface area contributed by atoms with Crippen molar-refractivity contribution in [2.24, 2.45) is 4.99 Å². The second kappa shape index (κ2) is 3.93. The highest BCUT2D eigenvalue weighted by molar-refractivity contribution is 9.11. The van der Waals surface area contributed by atoms with Crippen molar-refractivity contribution in [3.05, 3.63) is 10.7 Å². The molecule has 0 N–H and O–H groups in total. The number of urea groups is 1. The van der Waals surface area contributed by atoms with E-state index >= 15 is 0 Å². The molecule has 2 aliphatic rings. The van der Waals surface area contributed by atoms with Crippen LogP contribution < -0.4 is 0 Å². The SMILES string of the molecule is CCN1C(=O)C2=NC(Br)=CC2=[N+](CC)C1=O. The van der Waals surface area contributed by atoms with E-state index in [0.717, 1.165) is 0 Å². The number of hydrogen-bond donors (Lipinski definition) is 0. The standard InChI is InChI=1S/C10H11BrN3O2/c1-3-13-6-5-7(11)12-8(6)9(15)14(4-2)10(13)16/h5H,3-4H2,1-2H3/q+1. The summed E-state index contributed by atoms with van der Waals surface area (Å²) < 4.78 is 2.13. The van der Waals surface area contributed by atoms with Gasteiger partial charge in [-0.05, 0) is 29.8 Å². The molecule has 84 valence electrons. The van der Waals surface area contributed by atoms with E-state index in [0.29, 0.717) is 29.1 Å². The summed E-state index contributed by atoms with van der Waals surface area (Å²) in [4.78, 5) is 29.2. The van der Waals surface area contributed by atoms with Gasteiger partial charge in [0.1, 0.15) is 4.61 Å². The average molecular weight is 285 g/mol. The third-order valence-electron chi connectivity index (χ3n) is 2.55. The minimum atomic E-state index is -0.321. The van der Waals surface area contributed by atoms with Crippen LogP contribution >= 0.6 is 15.9 Å². The fraction of sp³-hybridized carbons (Fsp3) is 0.400. The highest BCUT2D eigenvalue weighted by atomic mass is 79.9. The summed E-state index contributed by atoms with van der Waals surface area (Å²) in [6.45, 7) is 4.52. The number of carbonyl (C=O) groups is 2. The molecule has 2 aliphatic heterocycles. The van der Waals surface area contributed by atoms with Crippen molar-refractivity contribution in [3.63, 3.8) is 0 Å². The minimum absolute atomic E-state index is 0.276. The van der Waals surface area contributed by atoms with Gasteiger partial charge in [-0.1, -0.05) is 0 Å². The molecule has 2 rings (SSSR count). The molecule has 0 aromatic carbocycles. The number of allylic oxidation sites excluding steroid dienone is 1. The van der Waals surface area contributed by atoms with E-state index in [-0.39, 0.29) is 11.9 Å². The van der Waals surface area contributed by atoms with Crippen molar-refractivity contribution in [1.82, 2.24) is 4.90 Å². The van der Waals surface area contributed by atoms with Crippen LogP contribution in [0.4, 0.5) is 4.79 Å². The van der Waals surface area contributed by atoms with E-state index in [1.54, 1.807) is 17.6 Å². The monoisotopic (exact) mass is 284 g/mol. The summed E-state index contributed by atoms with van der Waals surface area (Å²) in [5.74, 6) is -0.321. The summed E-state index contributed by atoms with van der Waals surface area (Å²) in [5.41, 5.74) is 0.934. The molecule has 5 nitrogen and oxygen atoms in total. The lowest BCUT2D eigenvalue weighted by Gasteiger charge is -2.18. The molecule has 6 heteroatoms. The van der Waals surface area contributed by atoms with Crippen LogP contribution in [0.2, 0.25) is 0 Å². The molecule has 0 saturated carbocycles. The van der Waals surface area contributed by atoms with E-state index in [1.165, 1.54) is 4.90 Å². The zero-order valence-electron chi connectivity index (χ0n) is 9.03. The Kier molecular flexibility index (Phi) is 2.75. The normalized spacial score (nSPS) is 20.1. The Morgan fingerprint density at radius 3 is 2.69 bits per heavy atom. The van der Waals surface area contributed by atoms with Crippen LogP contribution in [-0.4, -0.2) is 45.9 Å². The largest absolute Gasteiger partial charge is 0.501 e. The second-order valence-electron chi connectivity index (χ2n) is 3.39. The summed E-state index contributed by atoms with van der Waals surface area (Å²) in [7, 11) is 0. The smallest absolute Gasteiger partial charge is 0.239 e. The van der Waals surface area contributed by atoms with Crippen LogP contribution in [0.15, 0.2) is 15.7 Å². The van der Waals surface area contributed by atoms with Crippen LogP contribution in [0.25, 0.3) is 0 Å². The third-order valence-corrected chi connectivity index (χ3v) is 2.96. The Hall–Kier alpha value is -1.30. The molecule has 2 heterocycles. The van der Waals surface area contributed by atoms with Crippen molar-refractivity contribution in [2.75, 3.05) is 13.1 Å². The summed E-state index contributed by atoms with van der Waals surface area (Å²) >= 11 is 3.22. The van der Waals surface area contributed by atoms with Crippen LogP contribution in [0.5, 0.6) is 0 Å². The summed E-state index contributed by atoms with van der Waals surface area (Å²) in [5, 5.41) is 0. The van der Waals surface area contributed by atoms with Crippen molar-refractivity contribution < 1.29 is 14.2 Å². The maximum atomic E-state index is 12.0. The molecule has 16 heavy (non-hydrogen) atoms. The maximum Gasteiger partial charge on any atom is 0.501 e. The number of carbonyl (C=O) groups excluding carboxylic acids is 2. The molecule has 0 saturated heterocycles. The first-order valence-electron chi connectivity index (χ1n) is 5.06. The molecular weight excluding hydrogens is 274 g/mol. The number of amides is 3. The van der Waals surface area contributed by atoms with Gasteiger partial charge < -0.3 is 0 Å². The Balaban J connectivity index is 2.60. The highest BCUT2D eigenvalue weighted by Gasteiger charge is 2.45. The number of imide groups is 1. The van der Waals surface area contributed by atoms with Gasteiger partial charge in [0, 0.05) is 6.08 Å². The van der Waals surface area contributed by atoms with Gasteiger partial charge >= 0.3 is 11.9 Å². The first kappa shape index (κ1) is 11.2. The Morgan fingerprint density at radius 2 is 2.12 bits per heavy atom. The zero-order chi connectivity index (χ0) is 11.9.